The van der Waals surface area contributed by atoms with Crippen LogP contribution in [-0.4, -0.2) is 77.1 Å². The third kappa shape index (κ3) is 6.30. The number of hydrogen-bond acceptors (Lipinski definition) is 7. The van der Waals surface area contributed by atoms with Crippen LogP contribution in [0.1, 0.15) is 24.5 Å². The monoisotopic (exact) mass is 627 g/mol. The summed E-state index contributed by atoms with van der Waals surface area (Å²) in [7, 11) is 1.50. The summed E-state index contributed by atoms with van der Waals surface area (Å²) < 4.78 is 58.2. The minimum atomic E-state index is -5.22. The molecule has 0 unspecified atom stereocenters. The number of rotatable bonds is 8. The number of fused-ring (bicyclic) bond motifs is 3. The molecule has 238 valence electrons. The smallest absolute Gasteiger partial charge is 0.471 e. The molecule has 0 aliphatic carbocycles. The van der Waals surface area contributed by atoms with Crippen LogP contribution >= 0.6 is 0 Å². The lowest BCUT2D eigenvalue weighted by molar-refractivity contribution is -0.189. The van der Waals surface area contributed by atoms with Crippen LogP contribution in [0, 0.1) is 5.92 Å². The number of nitrogens with one attached hydrogen (secondary N) is 1. The third-order valence-electron chi connectivity index (χ3n) is 8.15. The Morgan fingerprint density at radius 2 is 1.80 bits per heavy atom. The second kappa shape index (κ2) is 12.8. The van der Waals surface area contributed by atoms with E-state index in [1.165, 1.54) is 24.2 Å². The molecule has 5 rings (SSSR count). The van der Waals surface area contributed by atoms with Crippen molar-refractivity contribution in [3.63, 3.8) is 0 Å². The van der Waals surface area contributed by atoms with Crippen LogP contribution in [0.2, 0.25) is 0 Å². The molecule has 1 N–H and O–H groups in total. The number of halogens is 3. The van der Waals surface area contributed by atoms with Crippen molar-refractivity contribution in [3.05, 3.63) is 90.2 Å². The van der Waals surface area contributed by atoms with Gasteiger partial charge in [0.1, 0.15) is 17.4 Å². The molecule has 13 heteroatoms. The number of likely N-dealkylation sites (tertiary alicyclic amines) is 1. The van der Waals surface area contributed by atoms with Gasteiger partial charge < -0.3 is 29.3 Å². The summed E-state index contributed by atoms with van der Waals surface area (Å²) in [4.78, 5) is 54.9. The van der Waals surface area contributed by atoms with Crippen LogP contribution in [0.4, 0.5) is 13.2 Å². The Morgan fingerprint density at radius 3 is 2.44 bits per heavy atom. The lowest BCUT2D eigenvalue weighted by atomic mass is 9.80. The van der Waals surface area contributed by atoms with Crippen molar-refractivity contribution in [2.45, 2.75) is 56.4 Å². The average molecular weight is 628 g/mol. The lowest BCUT2D eigenvalue weighted by Crippen LogP contribution is -2.55. The van der Waals surface area contributed by atoms with Gasteiger partial charge in [0.25, 0.3) is 0 Å². The second-order valence-corrected chi connectivity index (χ2v) is 10.9. The highest BCUT2D eigenvalue weighted by molar-refractivity contribution is 5.97. The molecule has 3 aliphatic rings. The van der Waals surface area contributed by atoms with Gasteiger partial charge >= 0.3 is 18.1 Å². The summed E-state index contributed by atoms with van der Waals surface area (Å²) in [6.45, 7) is 0.789. The first-order valence-electron chi connectivity index (χ1n) is 14.3. The maximum absolute atomic E-state index is 14.4. The molecular formula is C32H32F3N3O7. The molecule has 3 aliphatic heterocycles. The molecule has 2 fully saturated rings. The first-order valence-corrected chi connectivity index (χ1v) is 14.3. The number of alkyl halides is 3. The molecule has 10 nitrogen and oxygen atoms in total. The predicted molar refractivity (Wildman–Crippen MR) is 153 cm³/mol. The van der Waals surface area contributed by atoms with Crippen molar-refractivity contribution in [2.75, 3.05) is 13.7 Å². The summed E-state index contributed by atoms with van der Waals surface area (Å²) in [5.41, 5.74) is -0.550. The molecule has 3 amide bonds. The largest absolute Gasteiger partial charge is 0.497 e. The van der Waals surface area contributed by atoms with Gasteiger partial charge in [-0.3, -0.25) is 19.2 Å². The average Bonchev–Trinajstić information content (AvgIpc) is 3.34. The Bertz CT molecular complexity index is 1500. The van der Waals surface area contributed by atoms with E-state index < -0.39 is 59.6 Å². The predicted octanol–water partition coefficient (Wildman–Crippen LogP) is 3.27. The molecule has 2 saturated heterocycles. The summed E-state index contributed by atoms with van der Waals surface area (Å²) in [5, 5.41) is 2.83. The number of hydrogen-bond donors (Lipinski definition) is 1. The molecule has 3 heterocycles. The minimum Gasteiger partial charge on any atom is -0.497 e. The molecule has 2 aromatic carbocycles. The van der Waals surface area contributed by atoms with Crippen LogP contribution in [0.5, 0.6) is 5.75 Å². The number of benzene rings is 2. The SMILES string of the molecule is COc1ccc(CN2C(=O)[C@@H]3[C@@H]4[C@@H](C=CCCN4C(=O)C(F)(F)F)O[C@]3(/C=C/OC(C)=O)[C@H]2C(=O)NCc2ccccc2)cc1. The van der Waals surface area contributed by atoms with E-state index in [1.807, 2.05) is 6.07 Å². The van der Waals surface area contributed by atoms with Crippen LogP contribution in [0.3, 0.4) is 0 Å². The number of ether oxygens (including phenoxy) is 3. The molecule has 45 heavy (non-hydrogen) atoms. The number of methoxy groups -OCH3 is 1. The maximum Gasteiger partial charge on any atom is 0.471 e. The van der Waals surface area contributed by atoms with Crippen molar-refractivity contribution in [1.29, 1.82) is 0 Å². The number of amides is 3. The number of nitrogens with zero attached hydrogens (tertiary/aromatic N) is 2. The van der Waals surface area contributed by atoms with Crippen molar-refractivity contribution >= 4 is 23.7 Å². The number of carbonyl (C=O) groups is 4. The van der Waals surface area contributed by atoms with Crippen LogP contribution in [0.25, 0.3) is 0 Å². The zero-order valence-electron chi connectivity index (χ0n) is 24.5. The maximum atomic E-state index is 14.4. The highest BCUT2D eigenvalue weighted by atomic mass is 19.4. The number of carbonyl (C=O) groups excluding carboxylic acids is 4. The summed E-state index contributed by atoms with van der Waals surface area (Å²) >= 11 is 0. The second-order valence-electron chi connectivity index (χ2n) is 10.9. The van der Waals surface area contributed by atoms with Gasteiger partial charge in [0.2, 0.25) is 11.8 Å². The summed E-state index contributed by atoms with van der Waals surface area (Å²) in [6.07, 6.45) is -0.985. The van der Waals surface area contributed by atoms with E-state index in [9.17, 15) is 32.3 Å². The fourth-order valence-corrected chi connectivity index (χ4v) is 6.26. The molecule has 0 spiro atoms. The quantitative estimate of drug-likeness (QED) is 0.272. The van der Waals surface area contributed by atoms with Gasteiger partial charge in [-0.2, -0.15) is 13.2 Å². The van der Waals surface area contributed by atoms with E-state index in [0.717, 1.165) is 18.7 Å². The van der Waals surface area contributed by atoms with Gasteiger partial charge in [0, 0.05) is 26.6 Å². The topological polar surface area (TPSA) is 114 Å². The van der Waals surface area contributed by atoms with E-state index in [2.05, 4.69) is 5.32 Å². The molecule has 5 atom stereocenters. The molecule has 0 saturated carbocycles. The van der Waals surface area contributed by atoms with Crippen molar-refractivity contribution in [3.8, 4) is 5.75 Å². The first kappa shape index (κ1) is 31.8. The van der Waals surface area contributed by atoms with Gasteiger partial charge in [-0.1, -0.05) is 54.6 Å². The lowest BCUT2D eigenvalue weighted by Gasteiger charge is -2.34. The highest BCUT2D eigenvalue weighted by Crippen LogP contribution is 2.51. The van der Waals surface area contributed by atoms with Crippen molar-refractivity contribution < 1.29 is 46.6 Å². The fourth-order valence-electron chi connectivity index (χ4n) is 6.26. The van der Waals surface area contributed by atoms with E-state index in [-0.39, 0.29) is 26.1 Å². The molecule has 2 aromatic rings. The Hall–Kier alpha value is -4.65. The van der Waals surface area contributed by atoms with E-state index in [0.29, 0.717) is 16.2 Å². The summed E-state index contributed by atoms with van der Waals surface area (Å²) in [5.74, 6) is -5.06. The third-order valence-corrected chi connectivity index (χ3v) is 8.15. The van der Waals surface area contributed by atoms with Crippen LogP contribution < -0.4 is 10.1 Å². The normalized spacial score (nSPS) is 25.9. The van der Waals surface area contributed by atoms with Crippen molar-refractivity contribution in [1.82, 2.24) is 15.1 Å². The Labute approximate surface area is 257 Å². The number of esters is 1. The Kier molecular flexibility index (Phi) is 9.01. The van der Waals surface area contributed by atoms with Crippen LogP contribution in [-0.2, 0) is 41.7 Å². The molecule has 0 bridgehead atoms. The van der Waals surface area contributed by atoms with Crippen LogP contribution in [0.15, 0.2) is 79.1 Å². The molecular weight excluding hydrogens is 595 g/mol. The standard InChI is InChI=1S/C32H32F3N3O7/c1-20(39)44-17-15-31-25(26-24(45-31)10-6-7-16-37(26)30(42)32(33,34)35)29(41)38(19-22-11-13-23(43-2)14-12-22)27(31)28(40)36-18-21-8-4-3-5-9-21/h3-6,8-15,17,24-27H,7,16,18-19H2,1-2H3,(H,36,40)/b17-15+/t24-,25+,26+,27-,31+/m1/s1. The Morgan fingerprint density at radius 1 is 1.09 bits per heavy atom. The summed E-state index contributed by atoms with van der Waals surface area (Å²) in [6, 6.07) is 12.9. The minimum absolute atomic E-state index is 0.0839. The first-order chi connectivity index (χ1) is 21.5. The van der Waals surface area contributed by atoms with Gasteiger partial charge in [-0.15, -0.1) is 0 Å². The molecule has 0 radical (unpaired) electrons. The van der Waals surface area contributed by atoms with E-state index in [1.54, 1.807) is 54.6 Å². The molecule has 0 aromatic heterocycles. The van der Waals surface area contributed by atoms with Gasteiger partial charge in [0.15, 0.2) is 0 Å². The van der Waals surface area contributed by atoms with E-state index >= 15 is 0 Å². The zero-order valence-corrected chi connectivity index (χ0v) is 24.5. The van der Waals surface area contributed by atoms with Gasteiger partial charge in [-0.05, 0) is 35.8 Å². The van der Waals surface area contributed by atoms with Gasteiger partial charge in [0.05, 0.1) is 31.4 Å². The highest BCUT2D eigenvalue weighted by Gasteiger charge is 2.71. The van der Waals surface area contributed by atoms with Crippen molar-refractivity contribution in [2.24, 2.45) is 5.92 Å². The van der Waals surface area contributed by atoms with Gasteiger partial charge in [-0.25, -0.2) is 0 Å². The Balaban J connectivity index is 1.62. The van der Waals surface area contributed by atoms with E-state index in [4.69, 9.17) is 14.2 Å². The fraction of sp³-hybridized carbons (Fsp3) is 0.375. The zero-order chi connectivity index (χ0) is 32.4.